The third kappa shape index (κ3) is 3.68. The Kier molecular flexibility index (Phi) is 5.20. The molecule has 0 aliphatic carbocycles. The van der Waals surface area contributed by atoms with E-state index in [1.54, 1.807) is 0 Å². The van der Waals surface area contributed by atoms with Gasteiger partial charge in [-0.2, -0.15) is 0 Å². The molecule has 0 unspecified atom stereocenters. The Labute approximate surface area is 248 Å². The average molecular weight is 551 g/mol. The van der Waals surface area contributed by atoms with Gasteiger partial charge in [-0.15, -0.1) is 0 Å². The van der Waals surface area contributed by atoms with Crippen molar-refractivity contribution in [1.82, 2.24) is 9.13 Å². The fourth-order valence-electron chi connectivity index (χ4n) is 6.60. The second-order valence-electron chi connectivity index (χ2n) is 11.0. The van der Waals surface area contributed by atoms with Crippen molar-refractivity contribution in [3.05, 3.63) is 158 Å². The summed E-state index contributed by atoms with van der Waals surface area (Å²) in [4.78, 5) is 0. The van der Waals surface area contributed by atoms with Crippen LogP contribution < -0.4 is 0 Å². The first-order chi connectivity index (χ1) is 21.3. The molecule has 0 saturated heterocycles. The highest BCUT2D eigenvalue weighted by Gasteiger charge is 2.14. The second kappa shape index (κ2) is 9.37. The van der Waals surface area contributed by atoms with E-state index in [1.165, 1.54) is 43.6 Å². The molecule has 0 saturated carbocycles. The van der Waals surface area contributed by atoms with E-state index in [0.29, 0.717) is 0 Å². The maximum Gasteiger partial charge on any atom is 0.134 e. The molecule has 202 valence electrons. The summed E-state index contributed by atoms with van der Waals surface area (Å²) in [6, 6.07) is 55.8. The zero-order chi connectivity index (χ0) is 28.3. The number of benzene rings is 6. The van der Waals surface area contributed by atoms with E-state index in [0.717, 1.165) is 34.0 Å². The van der Waals surface area contributed by atoms with Crippen LogP contribution in [0.4, 0.5) is 0 Å². The summed E-state index contributed by atoms with van der Waals surface area (Å²) in [5, 5.41) is 5.06. The zero-order valence-electron chi connectivity index (χ0n) is 23.3. The van der Waals surface area contributed by atoms with Crippen LogP contribution in [0, 0.1) is 0 Å². The number of furan rings is 1. The largest absolute Gasteiger partial charge is 0.456 e. The Morgan fingerprint density at radius 3 is 0.930 bits per heavy atom. The number of fused-ring (bicyclic) bond motifs is 6. The molecule has 43 heavy (non-hydrogen) atoms. The molecule has 0 N–H and O–H groups in total. The Morgan fingerprint density at radius 1 is 0.302 bits per heavy atom. The van der Waals surface area contributed by atoms with Gasteiger partial charge in [-0.3, -0.25) is 0 Å². The smallest absolute Gasteiger partial charge is 0.134 e. The lowest BCUT2D eigenvalue weighted by molar-refractivity contribution is 0.597. The fourth-order valence-corrected chi connectivity index (χ4v) is 6.60. The number of para-hydroxylation sites is 4. The molecule has 0 spiro atoms. The number of hydrogen-bond acceptors (Lipinski definition) is 1. The predicted octanol–water partition coefficient (Wildman–Crippen LogP) is 10.8. The maximum absolute atomic E-state index is 6.38. The van der Waals surface area contributed by atoms with Gasteiger partial charge in [0.15, 0.2) is 0 Å². The van der Waals surface area contributed by atoms with Crippen LogP contribution in [-0.4, -0.2) is 9.13 Å². The van der Waals surface area contributed by atoms with E-state index in [2.05, 4.69) is 167 Å². The van der Waals surface area contributed by atoms with Crippen molar-refractivity contribution < 1.29 is 4.42 Å². The molecule has 3 aromatic heterocycles. The van der Waals surface area contributed by atoms with Crippen LogP contribution >= 0.6 is 0 Å². The van der Waals surface area contributed by atoms with Crippen LogP contribution in [0.1, 0.15) is 0 Å². The van der Waals surface area contributed by atoms with Crippen LogP contribution in [-0.2, 0) is 0 Å². The summed E-state index contributed by atoms with van der Waals surface area (Å²) in [6.45, 7) is 0. The quantitative estimate of drug-likeness (QED) is 0.214. The van der Waals surface area contributed by atoms with Crippen LogP contribution in [0.25, 0.3) is 77.6 Å². The first-order valence-electron chi connectivity index (χ1n) is 14.6. The van der Waals surface area contributed by atoms with Crippen molar-refractivity contribution in [2.24, 2.45) is 0 Å². The third-order valence-electron chi connectivity index (χ3n) is 8.59. The highest BCUT2D eigenvalue weighted by molar-refractivity contribution is 6.10. The number of hydrogen-bond donors (Lipinski definition) is 0. The molecular formula is C40H26N2O. The molecular weight excluding hydrogens is 524 g/mol. The highest BCUT2D eigenvalue weighted by atomic mass is 16.3. The van der Waals surface area contributed by atoms with Gasteiger partial charge in [0.1, 0.15) is 11.5 Å². The molecule has 0 aliphatic heterocycles. The van der Waals surface area contributed by atoms with Crippen LogP contribution in [0.2, 0.25) is 0 Å². The minimum absolute atomic E-state index is 0.857. The van der Waals surface area contributed by atoms with E-state index < -0.39 is 0 Å². The number of aromatic nitrogens is 2. The number of nitrogens with zero attached hydrogens (tertiary/aromatic N) is 2. The lowest BCUT2D eigenvalue weighted by Gasteiger charge is -2.09. The molecule has 3 heteroatoms. The molecule has 9 rings (SSSR count). The van der Waals surface area contributed by atoms with Crippen LogP contribution in [0.3, 0.4) is 0 Å². The molecule has 0 fully saturated rings. The summed E-state index contributed by atoms with van der Waals surface area (Å²) in [5.74, 6) is 1.71. The average Bonchev–Trinajstić information content (AvgIpc) is 3.78. The van der Waals surface area contributed by atoms with E-state index in [9.17, 15) is 0 Å². The summed E-state index contributed by atoms with van der Waals surface area (Å²) < 4.78 is 11.1. The van der Waals surface area contributed by atoms with E-state index >= 15 is 0 Å². The zero-order valence-corrected chi connectivity index (χ0v) is 23.3. The van der Waals surface area contributed by atoms with Gasteiger partial charge in [0.2, 0.25) is 0 Å². The van der Waals surface area contributed by atoms with Gasteiger partial charge in [-0.05, 0) is 84.9 Å². The normalized spacial score (nSPS) is 11.7. The van der Waals surface area contributed by atoms with Crippen molar-refractivity contribution in [2.45, 2.75) is 0 Å². The standard InChI is InChI=1S/C40H26N2O/c1-5-13-35-31(9-1)32-10-2-6-14-36(32)41(35)29-21-17-27(18-22-29)39-25-26-40(43-39)28-19-23-30(24-20-28)42-37-15-7-3-11-33(37)34-12-4-8-16-38(34)42/h1-26H. The Bertz CT molecular complexity index is 2160. The molecule has 3 heterocycles. The van der Waals surface area contributed by atoms with Crippen molar-refractivity contribution in [3.8, 4) is 34.0 Å². The molecule has 9 aromatic rings. The minimum Gasteiger partial charge on any atom is -0.456 e. The van der Waals surface area contributed by atoms with Crippen molar-refractivity contribution in [1.29, 1.82) is 0 Å². The summed E-state index contributed by atoms with van der Waals surface area (Å²) >= 11 is 0. The molecule has 0 radical (unpaired) electrons. The Morgan fingerprint density at radius 2 is 0.605 bits per heavy atom. The molecule has 0 bridgehead atoms. The van der Waals surface area contributed by atoms with Crippen molar-refractivity contribution in [3.63, 3.8) is 0 Å². The van der Waals surface area contributed by atoms with E-state index in [1.807, 2.05) is 0 Å². The van der Waals surface area contributed by atoms with Gasteiger partial charge >= 0.3 is 0 Å². The van der Waals surface area contributed by atoms with Crippen molar-refractivity contribution >= 4 is 43.6 Å². The maximum atomic E-state index is 6.38. The van der Waals surface area contributed by atoms with Crippen LogP contribution in [0.5, 0.6) is 0 Å². The van der Waals surface area contributed by atoms with Gasteiger partial charge in [0.05, 0.1) is 22.1 Å². The molecule has 3 nitrogen and oxygen atoms in total. The molecule has 0 amide bonds. The minimum atomic E-state index is 0.857. The van der Waals surface area contributed by atoms with Gasteiger partial charge < -0.3 is 13.6 Å². The highest BCUT2D eigenvalue weighted by Crippen LogP contribution is 2.35. The van der Waals surface area contributed by atoms with Gasteiger partial charge in [0, 0.05) is 44.0 Å². The second-order valence-corrected chi connectivity index (χ2v) is 11.0. The fraction of sp³-hybridized carbons (Fsp3) is 0. The lowest BCUT2D eigenvalue weighted by atomic mass is 10.1. The molecule has 0 aliphatic rings. The Hall–Kier alpha value is -5.80. The first kappa shape index (κ1) is 23.9. The summed E-state index contributed by atoms with van der Waals surface area (Å²) in [6.07, 6.45) is 0. The SMILES string of the molecule is c1ccc2c(c1)c1ccccc1n2-c1ccc(-c2ccc(-c3ccc(-n4c5ccccc5c5ccccc54)cc3)o2)cc1. The van der Waals surface area contributed by atoms with Crippen LogP contribution in [0.15, 0.2) is 162 Å². The molecule has 0 atom stereocenters. The topological polar surface area (TPSA) is 23.0 Å². The van der Waals surface area contributed by atoms with Gasteiger partial charge in [-0.1, -0.05) is 72.8 Å². The summed E-state index contributed by atoms with van der Waals surface area (Å²) in [7, 11) is 0. The van der Waals surface area contributed by atoms with E-state index in [-0.39, 0.29) is 0 Å². The van der Waals surface area contributed by atoms with Gasteiger partial charge in [0.25, 0.3) is 0 Å². The van der Waals surface area contributed by atoms with E-state index in [4.69, 9.17) is 4.42 Å². The monoisotopic (exact) mass is 550 g/mol. The van der Waals surface area contributed by atoms with Crippen molar-refractivity contribution in [2.75, 3.05) is 0 Å². The molecule has 6 aromatic carbocycles. The number of rotatable bonds is 4. The lowest BCUT2D eigenvalue weighted by Crippen LogP contribution is -1.93. The van der Waals surface area contributed by atoms with Gasteiger partial charge in [-0.25, -0.2) is 0 Å². The first-order valence-corrected chi connectivity index (χ1v) is 14.6. The predicted molar refractivity (Wildman–Crippen MR) is 178 cm³/mol. The third-order valence-corrected chi connectivity index (χ3v) is 8.59. The summed E-state index contributed by atoms with van der Waals surface area (Å²) in [5.41, 5.74) is 9.21. The Balaban J connectivity index is 1.04.